The summed E-state index contributed by atoms with van der Waals surface area (Å²) in [6, 6.07) is 13.8. The quantitative estimate of drug-likeness (QED) is 0.615. The molecule has 82 valence electrons. The molecule has 16 heavy (non-hydrogen) atoms. The Bertz CT molecular complexity index is 509. The normalized spacial score (nSPS) is 10.3. The van der Waals surface area contributed by atoms with E-state index in [2.05, 4.69) is 0 Å². The average molecular weight is 230 g/mol. The van der Waals surface area contributed by atoms with Crippen molar-refractivity contribution in [2.75, 3.05) is 17.7 Å². The first-order valence-electron chi connectivity index (χ1n) is 5.01. The van der Waals surface area contributed by atoms with Gasteiger partial charge in [-0.2, -0.15) is 0 Å². The van der Waals surface area contributed by atoms with Crippen LogP contribution in [0.5, 0.6) is 0 Å². The Hall–Kier alpha value is -1.61. The monoisotopic (exact) mass is 230 g/mol. The Morgan fingerprint density at radius 2 is 1.69 bits per heavy atom. The summed E-state index contributed by atoms with van der Waals surface area (Å²) in [5.74, 6) is 0. The highest BCUT2D eigenvalue weighted by atomic mass is 32.2. The van der Waals surface area contributed by atoms with E-state index in [1.165, 1.54) is 0 Å². The predicted molar refractivity (Wildman–Crippen MR) is 72.5 cm³/mol. The number of para-hydroxylation sites is 1. The Balaban J connectivity index is 2.60. The number of thioether (sulfide) groups is 1. The Morgan fingerprint density at radius 3 is 2.38 bits per heavy atom. The molecule has 0 aromatic heterocycles. The van der Waals surface area contributed by atoms with Crippen molar-refractivity contribution in [2.24, 2.45) is 0 Å². The van der Waals surface area contributed by atoms with Crippen LogP contribution in [0.25, 0.3) is 11.1 Å². The summed E-state index contributed by atoms with van der Waals surface area (Å²) in [6.07, 6.45) is 2.04. The second-order valence-electron chi connectivity index (χ2n) is 3.55. The molecule has 0 bridgehead atoms. The molecule has 0 fully saturated rings. The summed E-state index contributed by atoms with van der Waals surface area (Å²) < 4.78 is 0. The van der Waals surface area contributed by atoms with E-state index in [9.17, 15) is 0 Å². The van der Waals surface area contributed by atoms with Gasteiger partial charge in [-0.05, 0) is 30.0 Å². The molecule has 3 heteroatoms. The van der Waals surface area contributed by atoms with E-state index in [4.69, 9.17) is 11.5 Å². The molecule has 0 heterocycles. The van der Waals surface area contributed by atoms with Gasteiger partial charge in [0.15, 0.2) is 0 Å². The summed E-state index contributed by atoms with van der Waals surface area (Å²) in [5, 5.41) is 0. The fourth-order valence-electron chi connectivity index (χ4n) is 1.67. The van der Waals surface area contributed by atoms with E-state index in [1.54, 1.807) is 11.8 Å². The fraction of sp³-hybridized carbons (Fsp3) is 0.0769. The van der Waals surface area contributed by atoms with E-state index >= 15 is 0 Å². The van der Waals surface area contributed by atoms with Crippen molar-refractivity contribution in [2.45, 2.75) is 4.90 Å². The summed E-state index contributed by atoms with van der Waals surface area (Å²) in [6.45, 7) is 0. The first-order chi connectivity index (χ1) is 7.72. The van der Waals surface area contributed by atoms with Gasteiger partial charge in [-0.3, -0.25) is 0 Å². The Morgan fingerprint density at radius 1 is 0.938 bits per heavy atom. The number of hydrogen-bond donors (Lipinski definition) is 2. The van der Waals surface area contributed by atoms with Crippen molar-refractivity contribution in [3.8, 4) is 11.1 Å². The molecular formula is C13H14N2S. The van der Waals surface area contributed by atoms with E-state index in [0.717, 1.165) is 27.4 Å². The third-order valence-corrected chi connectivity index (χ3v) is 3.25. The first-order valence-corrected chi connectivity index (χ1v) is 6.23. The van der Waals surface area contributed by atoms with Gasteiger partial charge in [-0.15, -0.1) is 11.8 Å². The molecule has 0 saturated heterocycles. The Labute approximate surface area is 99.7 Å². The number of nitrogens with two attached hydrogens (primary N) is 2. The number of anilines is 2. The van der Waals surface area contributed by atoms with E-state index < -0.39 is 0 Å². The predicted octanol–water partition coefficient (Wildman–Crippen LogP) is 3.24. The molecule has 2 aromatic carbocycles. The highest BCUT2D eigenvalue weighted by molar-refractivity contribution is 7.98. The van der Waals surface area contributed by atoms with Crippen LogP contribution in [0.15, 0.2) is 47.4 Å². The Kier molecular flexibility index (Phi) is 3.06. The van der Waals surface area contributed by atoms with E-state index in [-0.39, 0.29) is 0 Å². The van der Waals surface area contributed by atoms with Crippen molar-refractivity contribution >= 4 is 23.1 Å². The number of nitrogen functional groups attached to an aromatic ring is 2. The maximum Gasteiger partial charge on any atom is 0.0394 e. The second-order valence-corrected chi connectivity index (χ2v) is 4.40. The van der Waals surface area contributed by atoms with E-state index in [0.29, 0.717) is 0 Å². The molecule has 0 aliphatic rings. The standard InChI is InChI=1S/C13H14N2S/c1-16-13-8-9(14)6-7-11(13)10-4-2-3-5-12(10)15/h2-8H,14-15H2,1H3. The largest absolute Gasteiger partial charge is 0.399 e. The van der Waals surface area contributed by atoms with Crippen LogP contribution in [0.1, 0.15) is 0 Å². The van der Waals surface area contributed by atoms with Crippen molar-refractivity contribution in [1.82, 2.24) is 0 Å². The molecule has 0 radical (unpaired) electrons. The van der Waals surface area contributed by atoms with Gasteiger partial charge in [0.05, 0.1) is 0 Å². The van der Waals surface area contributed by atoms with Crippen molar-refractivity contribution in [3.63, 3.8) is 0 Å². The smallest absolute Gasteiger partial charge is 0.0394 e. The topological polar surface area (TPSA) is 52.0 Å². The minimum absolute atomic E-state index is 0.780. The zero-order valence-corrected chi connectivity index (χ0v) is 9.92. The third-order valence-electron chi connectivity index (χ3n) is 2.48. The van der Waals surface area contributed by atoms with Gasteiger partial charge in [0.1, 0.15) is 0 Å². The van der Waals surface area contributed by atoms with Crippen molar-refractivity contribution in [3.05, 3.63) is 42.5 Å². The van der Waals surface area contributed by atoms with Crippen LogP contribution >= 0.6 is 11.8 Å². The molecule has 0 saturated carbocycles. The molecule has 0 amide bonds. The van der Waals surface area contributed by atoms with Gasteiger partial charge in [-0.1, -0.05) is 24.3 Å². The molecule has 0 spiro atoms. The summed E-state index contributed by atoms with van der Waals surface area (Å²) in [4.78, 5) is 1.15. The van der Waals surface area contributed by atoms with Crippen LogP contribution in [0, 0.1) is 0 Å². The van der Waals surface area contributed by atoms with Gasteiger partial charge < -0.3 is 11.5 Å². The SMILES string of the molecule is CSc1cc(N)ccc1-c1ccccc1N. The van der Waals surface area contributed by atoms with Crippen molar-refractivity contribution in [1.29, 1.82) is 0 Å². The maximum atomic E-state index is 5.97. The van der Waals surface area contributed by atoms with Crippen LogP contribution in [0.4, 0.5) is 11.4 Å². The van der Waals surface area contributed by atoms with E-state index in [1.807, 2.05) is 48.7 Å². The van der Waals surface area contributed by atoms with Gasteiger partial charge in [0.25, 0.3) is 0 Å². The van der Waals surface area contributed by atoms with Crippen LogP contribution in [-0.2, 0) is 0 Å². The molecule has 2 nitrogen and oxygen atoms in total. The van der Waals surface area contributed by atoms with Gasteiger partial charge in [0, 0.05) is 21.8 Å². The summed E-state index contributed by atoms with van der Waals surface area (Å²) in [5.41, 5.74) is 15.5. The second kappa shape index (κ2) is 4.49. The van der Waals surface area contributed by atoms with Gasteiger partial charge >= 0.3 is 0 Å². The summed E-state index contributed by atoms with van der Waals surface area (Å²) >= 11 is 1.68. The lowest BCUT2D eigenvalue weighted by atomic mass is 10.0. The minimum Gasteiger partial charge on any atom is -0.399 e. The lowest BCUT2D eigenvalue weighted by Crippen LogP contribution is -1.92. The molecular weight excluding hydrogens is 216 g/mol. The maximum absolute atomic E-state index is 5.97. The average Bonchev–Trinajstić information content (AvgIpc) is 2.30. The van der Waals surface area contributed by atoms with Crippen LogP contribution in [0.2, 0.25) is 0 Å². The fourth-order valence-corrected chi connectivity index (χ4v) is 2.32. The lowest BCUT2D eigenvalue weighted by Gasteiger charge is -2.10. The van der Waals surface area contributed by atoms with Crippen LogP contribution in [0.3, 0.4) is 0 Å². The molecule has 2 rings (SSSR count). The number of rotatable bonds is 2. The van der Waals surface area contributed by atoms with Gasteiger partial charge in [0.2, 0.25) is 0 Å². The molecule has 2 aromatic rings. The lowest BCUT2D eigenvalue weighted by molar-refractivity contribution is 1.45. The number of benzene rings is 2. The molecule has 0 aliphatic carbocycles. The van der Waals surface area contributed by atoms with Crippen molar-refractivity contribution < 1.29 is 0 Å². The molecule has 0 atom stereocenters. The molecule has 0 unspecified atom stereocenters. The van der Waals surface area contributed by atoms with Crippen LogP contribution in [-0.4, -0.2) is 6.26 Å². The molecule has 0 aliphatic heterocycles. The molecule has 4 N–H and O–H groups in total. The van der Waals surface area contributed by atoms with Crippen LogP contribution < -0.4 is 11.5 Å². The highest BCUT2D eigenvalue weighted by Crippen LogP contribution is 2.34. The summed E-state index contributed by atoms with van der Waals surface area (Å²) in [7, 11) is 0. The number of hydrogen-bond acceptors (Lipinski definition) is 3. The first kappa shape index (κ1) is 10.9. The minimum atomic E-state index is 0.780. The zero-order valence-electron chi connectivity index (χ0n) is 9.10. The zero-order chi connectivity index (χ0) is 11.5. The highest BCUT2D eigenvalue weighted by Gasteiger charge is 2.07. The van der Waals surface area contributed by atoms with Gasteiger partial charge in [-0.25, -0.2) is 0 Å². The third kappa shape index (κ3) is 1.99.